The Labute approximate surface area is 235 Å². The number of nitrogens with zero attached hydrogens (tertiary/aromatic N) is 4. The quantitative estimate of drug-likeness (QED) is 0.304. The number of anilines is 1. The van der Waals surface area contributed by atoms with Crippen LogP contribution in [0.25, 0.3) is 10.9 Å². The second-order valence-corrected chi connectivity index (χ2v) is 10.4. The van der Waals surface area contributed by atoms with Crippen LogP contribution in [0.3, 0.4) is 0 Å². The van der Waals surface area contributed by atoms with Crippen molar-refractivity contribution in [3.05, 3.63) is 64.8 Å². The van der Waals surface area contributed by atoms with Gasteiger partial charge in [0.25, 0.3) is 0 Å². The fourth-order valence-electron chi connectivity index (χ4n) is 5.14. The lowest BCUT2D eigenvalue weighted by Crippen LogP contribution is -2.38. The molecule has 0 radical (unpaired) electrons. The summed E-state index contributed by atoms with van der Waals surface area (Å²) in [6.45, 7) is 4.91. The molecule has 4 rings (SSSR count). The third kappa shape index (κ3) is 8.38. The van der Waals surface area contributed by atoms with E-state index in [2.05, 4.69) is 56.5 Å². The Kier molecular flexibility index (Phi) is 10.5. The second kappa shape index (κ2) is 14.4. The zero-order valence-corrected chi connectivity index (χ0v) is 22.9. The summed E-state index contributed by atoms with van der Waals surface area (Å²) >= 11 is 6.12. The molecule has 1 aliphatic rings. The topological polar surface area (TPSA) is 108 Å². The minimum absolute atomic E-state index is 0.312. The molecular formula is C30H35ClN6O2. The average Bonchev–Trinajstić information content (AvgIpc) is 3.34. The number of ether oxygens (including phenoxy) is 1. The van der Waals surface area contributed by atoms with E-state index in [9.17, 15) is 4.79 Å². The third-order valence-electron chi connectivity index (χ3n) is 7.14. The van der Waals surface area contributed by atoms with Crippen LogP contribution >= 0.6 is 11.6 Å². The van der Waals surface area contributed by atoms with E-state index in [1.165, 1.54) is 5.56 Å². The maximum Gasteiger partial charge on any atom is 0.407 e. The number of H-pyrrole nitrogens is 1. The van der Waals surface area contributed by atoms with Crippen LogP contribution in [0.1, 0.15) is 36.8 Å². The van der Waals surface area contributed by atoms with Crippen molar-refractivity contribution >= 4 is 34.3 Å². The number of aromatic nitrogens is 1. The van der Waals surface area contributed by atoms with Crippen LogP contribution in [0.4, 0.5) is 10.5 Å². The second-order valence-electron chi connectivity index (χ2n) is 9.99. The molecule has 0 aliphatic carbocycles. The fraction of sp³-hybridized carbons (Fsp3) is 0.433. The Morgan fingerprint density at radius 3 is 2.67 bits per heavy atom. The molecule has 1 saturated heterocycles. The molecule has 0 spiro atoms. The van der Waals surface area contributed by atoms with Gasteiger partial charge < -0.3 is 19.9 Å². The number of nitrogens with one attached hydrogen (secondary N) is 2. The number of benzene rings is 2. The predicted molar refractivity (Wildman–Crippen MR) is 153 cm³/mol. The van der Waals surface area contributed by atoms with Crippen molar-refractivity contribution in [1.82, 2.24) is 15.2 Å². The zero-order chi connectivity index (χ0) is 27.5. The maximum absolute atomic E-state index is 12.3. The number of amides is 1. The normalized spacial score (nSPS) is 15.4. The number of hydrogen-bond acceptors (Lipinski definition) is 6. The van der Waals surface area contributed by atoms with Crippen LogP contribution in [-0.4, -0.2) is 55.3 Å². The first-order valence-corrected chi connectivity index (χ1v) is 13.9. The molecule has 2 heterocycles. The van der Waals surface area contributed by atoms with Crippen LogP contribution in [0.15, 0.2) is 48.7 Å². The first-order valence-electron chi connectivity index (χ1n) is 13.5. The van der Waals surface area contributed by atoms with Gasteiger partial charge in [-0.1, -0.05) is 23.7 Å². The molecule has 0 saturated carbocycles. The molecule has 204 valence electrons. The number of piperidine rings is 1. The summed E-state index contributed by atoms with van der Waals surface area (Å²) in [6, 6.07) is 18.5. The van der Waals surface area contributed by atoms with Crippen LogP contribution < -0.4 is 10.2 Å². The number of nitriles is 2. The van der Waals surface area contributed by atoms with Gasteiger partial charge in [-0.25, -0.2) is 4.79 Å². The van der Waals surface area contributed by atoms with Crippen molar-refractivity contribution in [1.29, 1.82) is 10.5 Å². The number of carbonyl (C=O) groups is 1. The lowest BCUT2D eigenvalue weighted by molar-refractivity contribution is 0.0871. The number of likely N-dealkylation sites (tertiary alicyclic amines) is 1. The van der Waals surface area contributed by atoms with Gasteiger partial charge in [0, 0.05) is 66.5 Å². The van der Waals surface area contributed by atoms with E-state index in [0.717, 1.165) is 54.6 Å². The minimum atomic E-state index is -0.377. The van der Waals surface area contributed by atoms with Gasteiger partial charge in [0.2, 0.25) is 0 Å². The average molecular weight is 547 g/mol. The number of alkyl carbamates (subject to hydrolysis) is 1. The van der Waals surface area contributed by atoms with Crippen molar-refractivity contribution in [3.63, 3.8) is 0 Å². The monoisotopic (exact) mass is 546 g/mol. The standard InChI is InChI=1S/C30H35ClN6O2/c31-26-7-10-29-28(18-26)25(19-35-29)11-14-34-30(38)39-22-24-4-1-15-36(21-24)20-23-5-8-27(9-6-23)37(16-2-12-32)17-3-13-33/h5-10,18-19,24,35H,1-4,11,14-17,20-22H2,(H,34,38). The highest BCUT2D eigenvalue weighted by Crippen LogP contribution is 2.23. The molecule has 0 bridgehead atoms. The Bertz CT molecular complexity index is 1290. The van der Waals surface area contributed by atoms with E-state index in [4.69, 9.17) is 26.9 Å². The van der Waals surface area contributed by atoms with Crippen molar-refractivity contribution in [2.24, 2.45) is 5.92 Å². The van der Waals surface area contributed by atoms with Gasteiger partial charge in [-0.2, -0.15) is 10.5 Å². The molecule has 1 fully saturated rings. The van der Waals surface area contributed by atoms with E-state index in [1.807, 2.05) is 24.4 Å². The number of halogens is 1. The fourth-order valence-corrected chi connectivity index (χ4v) is 5.31. The van der Waals surface area contributed by atoms with Crippen LogP contribution in [0.2, 0.25) is 5.02 Å². The lowest BCUT2D eigenvalue weighted by atomic mass is 9.98. The summed E-state index contributed by atoms with van der Waals surface area (Å²) in [7, 11) is 0. The van der Waals surface area contributed by atoms with E-state index >= 15 is 0 Å². The van der Waals surface area contributed by atoms with Gasteiger partial charge in [-0.15, -0.1) is 0 Å². The highest BCUT2D eigenvalue weighted by molar-refractivity contribution is 6.31. The summed E-state index contributed by atoms with van der Waals surface area (Å²) in [5.41, 5.74) is 4.40. The highest BCUT2D eigenvalue weighted by Gasteiger charge is 2.21. The zero-order valence-electron chi connectivity index (χ0n) is 22.2. The van der Waals surface area contributed by atoms with Gasteiger partial charge in [0.1, 0.15) is 0 Å². The van der Waals surface area contributed by atoms with Gasteiger partial charge in [-0.3, -0.25) is 4.90 Å². The molecular weight excluding hydrogens is 512 g/mol. The summed E-state index contributed by atoms with van der Waals surface area (Å²) in [4.78, 5) is 20.0. The molecule has 1 atom stereocenters. The Morgan fingerprint density at radius 2 is 1.92 bits per heavy atom. The molecule has 1 amide bonds. The molecule has 8 nitrogen and oxygen atoms in total. The number of carbonyl (C=O) groups excluding carboxylic acids is 1. The minimum Gasteiger partial charge on any atom is -0.449 e. The summed E-state index contributed by atoms with van der Waals surface area (Å²) in [5.74, 6) is 0.312. The van der Waals surface area contributed by atoms with Crippen LogP contribution in [-0.2, 0) is 17.7 Å². The molecule has 9 heteroatoms. The predicted octanol–water partition coefficient (Wildman–Crippen LogP) is 5.64. The van der Waals surface area contributed by atoms with Gasteiger partial charge in [0.05, 0.1) is 31.6 Å². The third-order valence-corrected chi connectivity index (χ3v) is 7.38. The first kappa shape index (κ1) is 28.3. The number of fused-ring (bicyclic) bond motifs is 1. The van der Waals surface area contributed by atoms with E-state index in [0.29, 0.717) is 56.4 Å². The van der Waals surface area contributed by atoms with Gasteiger partial charge in [-0.05, 0) is 67.3 Å². The van der Waals surface area contributed by atoms with E-state index in [-0.39, 0.29) is 6.09 Å². The highest BCUT2D eigenvalue weighted by atomic mass is 35.5. The van der Waals surface area contributed by atoms with Crippen LogP contribution in [0.5, 0.6) is 0 Å². The SMILES string of the molecule is N#CCCN(CCC#N)c1ccc(CN2CCCC(COC(=O)NCCc3c[nH]c4ccc(Cl)cc34)C2)cc1. The molecule has 2 N–H and O–H groups in total. The van der Waals surface area contributed by atoms with Crippen LogP contribution in [0, 0.1) is 28.6 Å². The summed E-state index contributed by atoms with van der Waals surface area (Å²) in [5, 5.41) is 22.5. The number of aromatic amines is 1. The van der Waals surface area contributed by atoms with E-state index in [1.54, 1.807) is 0 Å². The van der Waals surface area contributed by atoms with Crippen molar-refractivity contribution in [3.8, 4) is 12.1 Å². The number of rotatable bonds is 12. The van der Waals surface area contributed by atoms with Crippen molar-refractivity contribution in [2.45, 2.75) is 38.6 Å². The lowest BCUT2D eigenvalue weighted by Gasteiger charge is -2.32. The first-order chi connectivity index (χ1) is 19.1. The number of hydrogen-bond donors (Lipinski definition) is 2. The molecule has 2 aromatic carbocycles. The summed E-state index contributed by atoms with van der Waals surface area (Å²) < 4.78 is 5.56. The smallest absolute Gasteiger partial charge is 0.407 e. The molecule has 39 heavy (non-hydrogen) atoms. The van der Waals surface area contributed by atoms with Gasteiger partial charge in [0.15, 0.2) is 0 Å². The molecule has 1 aromatic heterocycles. The largest absolute Gasteiger partial charge is 0.449 e. The van der Waals surface area contributed by atoms with Gasteiger partial charge >= 0.3 is 6.09 Å². The molecule has 1 unspecified atom stereocenters. The Balaban J connectivity index is 1.19. The maximum atomic E-state index is 12.3. The molecule has 1 aliphatic heterocycles. The van der Waals surface area contributed by atoms with Crippen molar-refractivity contribution < 1.29 is 9.53 Å². The van der Waals surface area contributed by atoms with Crippen molar-refractivity contribution in [2.75, 3.05) is 44.2 Å². The molecule has 3 aromatic rings. The summed E-state index contributed by atoms with van der Waals surface area (Å²) in [6.07, 6.45) is 5.26. The Hall–Kier alpha value is -3.72. The Morgan fingerprint density at radius 1 is 1.15 bits per heavy atom. The van der Waals surface area contributed by atoms with E-state index < -0.39 is 0 Å².